The van der Waals surface area contributed by atoms with Gasteiger partial charge >= 0.3 is 0 Å². The highest BCUT2D eigenvalue weighted by Gasteiger charge is 2.15. The van der Waals surface area contributed by atoms with Crippen molar-refractivity contribution in [1.82, 2.24) is 5.32 Å². The molecule has 0 fully saturated rings. The highest BCUT2D eigenvalue weighted by molar-refractivity contribution is 5.93. The van der Waals surface area contributed by atoms with Gasteiger partial charge in [0.1, 0.15) is 5.75 Å². The van der Waals surface area contributed by atoms with Crippen molar-refractivity contribution in [1.29, 1.82) is 0 Å². The molecule has 2 N–H and O–H groups in total. The fraction of sp³-hybridized carbons (Fsp3) is 0.562. The number of amides is 1. The predicted molar refractivity (Wildman–Crippen MR) is 81.2 cm³/mol. The van der Waals surface area contributed by atoms with E-state index in [1.165, 1.54) is 0 Å². The van der Waals surface area contributed by atoms with Crippen LogP contribution in [0.25, 0.3) is 0 Å². The molecule has 0 aromatic heterocycles. The van der Waals surface area contributed by atoms with E-state index >= 15 is 0 Å². The topological polar surface area (TPSA) is 50.4 Å². The molecule has 1 aromatic carbocycles. The minimum Gasteiger partial charge on any atom is -0.493 e. The van der Waals surface area contributed by atoms with Crippen LogP contribution in [0.5, 0.6) is 5.75 Å². The zero-order valence-electron chi connectivity index (χ0n) is 12.5. The Kier molecular flexibility index (Phi) is 5.01. The van der Waals surface area contributed by atoms with Gasteiger partial charge in [-0.1, -0.05) is 20.8 Å². The van der Waals surface area contributed by atoms with Gasteiger partial charge in [0.15, 0.2) is 0 Å². The minimum absolute atomic E-state index is 0.0968. The molecule has 0 spiro atoms. The molecule has 2 rings (SSSR count). The largest absolute Gasteiger partial charge is 0.493 e. The Morgan fingerprint density at radius 3 is 2.85 bits per heavy atom. The average molecular weight is 276 g/mol. The van der Waals surface area contributed by atoms with E-state index in [1.807, 2.05) is 18.2 Å². The first-order valence-electron chi connectivity index (χ1n) is 7.33. The Morgan fingerprint density at radius 2 is 2.10 bits per heavy atom. The molecule has 0 saturated carbocycles. The average Bonchev–Trinajstić information content (AvgIpc) is 2.42. The number of benzene rings is 1. The fourth-order valence-electron chi connectivity index (χ4n) is 2.18. The van der Waals surface area contributed by atoms with E-state index in [4.69, 9.17) is 4.74 Å². The van der Waals surface area contributed by atoms with Crippen LogP contribution >= 0.6 is 0 Å². The van der Waals surface area contributed by atoms with Crippen LogP contribution in [0.1, 0.15) is 32.8 Å². The summed E-state index contributed by atoms with van der Waals surface area (Å²) in [6.07, 6.45) is 1.36. The van der Waals surface area contributed by atoms with E-state index in [2.05, 4.69) is 31.4 Å². The Bertz CT molecular complexity index is 472. The summed E-state index contributed by atoms with van der Waals surface area (Å²) in [5, 5.41) is 6.29. The number of carbonyl (C=O) groups excluding carboxylic acids is 1. The monoisotopic (exact) mass is 276 g/mol. The van der Waals surface area contributed by atoms with E-state index < -0.39 is 0 Å². The van der Waals surface area contributed by atoms with Gasteiger partial charge in [0, 0.05) is 30.6 Å². The van der Waals surface area contributed by atoms with Crippen LogP contribution in [0.4, 0.5) is 5.69 Å². The first kappa shape index (κ1) is 14.9. The number of carbonyl (C=O) groups is 1. The second kappa shape index (κ2) is 6.75. The summed E-state index contributed by atoms with van der Waals surface area (Å²) in [4.78, 5) is 11.3. The second-order valence-electron chi connectivity index (χ2n) is 5.85. The number of aryl methyl sites for hydroxylation is 1. The predicted octanol–water partition coefficient (Wildman–Crippen LogP) is 2.58. The Labute approximate surface area is 120 Å². The van der Waals surface area contributed by atoms with Crippen LogP contribution in [0.3, 0.4) is 0 Å². The van der Waals surface area contributed by atoms with Crippen LogP contribution in [-0.4, -0.2) is 25.1 Å². The molecule has 1 atom stereocenters. The van der Waals surface area contributed by atoms with Gasteiger partial charge in [-0.05, 0) is 30.2 Å². The molecule has 0 aliphatic carbocycles. The number of ether oxygens (including phenoxy) is 1. The van der Waals surface area contributed by atoms with E-state index in [0.717, 1.165) is 30.0 Å². The molecule has 1 heterocycles. The number of fused-ring (bicyclic) bond motifs is 1. The summed E-state index contributed by atoms with van der Waals surface area (Å²) in [5.74, 6) is 1.45. The van der Waals surface area contributed by atoms with Gasteiger partial charge in [-0.2, -0.15) is 0 Å². The van der Waals surface area contributed by atoms with Crippen molar-refractivity contribution < 1.29 is 9.53 Å². The summed E-state index contributed by atoms with van der Waals surface area (Å²) in [6.45, 7) is 8.12. The molecule has 1 aromatic rings. The second-order valence-corrected chi connectivity index (χ2v) is 5.85. The SMILES string of the molecule is CC(CNC(C)C)COc1ccc2c(c1)CCC(=O)N2. The van der Waals surface area contributed by atoms with Crippen LogP contribution in [-0.2, 0) is 11.2 Å². The van der Waals surface area contributed by atoms with Gasteiger partial charge < -0.3 is 15.4 Å². The third kappa shape index (κ3) is 4.23. The van der Waals surface area contributed by atoms with E-state index in [1.54, 1.807) is 0 Å². The van der Waals surface area contributed by atoms with E-state index in [-0.39, 0.29) is 5.91 Å². The highest BCUT2D eigenvalue weighted by atomic mass is 16.5. The summed E-state index contributed by atoms with van der Waals surface area (Å²) in [6, 6.07) is 6.40. The number of hydrogen-bond acceptors (Lipinski definition) is 3. The lowest BCUT2D eigenvalue weighted by molar-refractivity contribution is -0.116. The minimum atomic E-state index is 0.0968. The molecule has 0 bridgehead atoms. The first-order valence-corrected chi connectivity index (χ1v) is 7.33. The lowest BCUT2D eigenvalue weighted by Crippen LogP contribution is -2.30. The summed E-state index contributed by atoms with van der Waals surface area (Å²) < 4.78 is 5.84. The van der Waals surface area contributed by atoms with E-state index in [0.29, 0.717) is 25.0 Å². The van der Waals surface area contributed by atoms with Crippen LogP contribution in [0.2, 0.25) is 0 Å². The smallest absolute Gasteiger partial charge is 0.224 e. The Balaban J connectivity index is 1.86. The van der Waals surface area contributed by atoms with Crippen molar-refractivity contribution in [2.24, 2.45) is 5.92 Å². The van der Waals surface area contributed by atoms with Crippen molar-refractivity contribution in [2.45, 2.75) is 39.7 Å². The highest BCUT2D eigenvalue weighted by Crippen LogP contribution is 2.26. The number of anilines is 1. The molecule has 0 radical (unpaired) electrons. The zero-order chi connectivity index (χ0) is 14.5. The molecule has 20 heavy (non-hydrogen) atoms. The summed E-state index contributed by atoms with van der Waals surface area (Å²) >= 11 is 0. The summed E-state index contributed by atoms with van der Waals surface area (Å²) in [7, 11) is 0. The van der Waals surface area contributed by atoms with Crippen molar-refractivity contribution >= 4 is 11.6 Å². The molecular formula is C16H24N2O2. The molecule has 4 nitrogen and oxygen atoms in total. The van der Waals surface area contributed by atoms with Gasteiger partial charge in [0.25, 0.3) is 0 Å². The molecule has 1 aliphatic rings. The van der Waals surface area contributed by atoms with E-state index in [9.17, 15) is 4.79 Å². The van der Waals surface area contributed by atoms with Gasteiger partial charge in [-0.3, -0.25) is 4.79 Å². The molecule has 1 unspecified atom stereocenters. The number of hydrogen-bond donors (Lipinski definition) is 2. The maximum absolute atomic E-state index is 11.3. The fourth-order valence-corrected chi connectivity index (χ4v) is 2.18. The molecule has 4 heteroatoms. The quantitative estimate of drug-likeness (QED) is 0.839. The lowest BCUT2D eigenvalue weighted by atomic mass is 10.0. The van der Waals surface area contributed by atoms with Crippen LogP contribution in [0, 0.1) is 5.92 Å². The van der Waals surface area contributed by atoms with Crippen LogP contribution in [0.15, 0.2) is 18.2 Å². The van der Waals surface area contributed by atoms with Crippen molar-refractivity contribution in [2.75, 3.05) is 18.5 Å². The summed E-state index contributed by atoms with van der Waals surface area (Å²) in [5.41, 5.74) is 2.08. The molecule has 1 amide bonds. The third-order valence-corrected chi connectivity index (χ3v) is 3.38. The van der Waals surface area contributed by atoms with Gasteiger partial charge in [-0.25, -0.2) is 0 Å². The zero-order valence-corrected chi connectivity index (χ0v) is 12.5. The van der Waals surface area contributed by atoms with Gasteiger partial charge in [-0.15, -0.1) is 0 Å². The number of rotatable bonds is 6. The molecule has 1 aliphatic heterocycles. The molecular weight excluding hydrogens is 252 g/mol. The standard InChI is InChI=1S/C16H24N2O2/c1-11(2)17-9-12(3)10-20-14-5-6-15-13(8-14)4-7-16(19)18-15/h5-6,8,11-12,17H,4,7,9-10H2,1-3H3,(H,18,19). The van der Waals surface area contributed by atoms with Gasteiger partial charge in [0.05, 0.1) is 6.61 Å². The Hall–Kier alpha value is -1.55. The number of nitrogens with one attached hydrogen (secondary N) is 2. The van der Waals surface area contributed by atoms with Crippen molar-refractivity contribution in [3.63, 3.8) is 0 Å². The van der Waals surface area contributed by atoms with Crippen molar-refractivity contribution in [3.8, 4) is 5.75 Å². The molecule has 110 valence electrons. The lowest BCUT2D eigenvalue weighted by Gasteiger charge is -2.19. The Morgan fingerprint density at radius 1 is 1.30 bits per heavy atom. The maximum Gasteiger partial charge on any atom is 0.224 e. The molecule has 0 saturated heterocycles. The third-order valence-electron chi connectivity index (χ3n) is 3.38. The van der Waals surface area contributed by atoms with Gasteiger partial charge in [0.2, 0.25) is 5.91 Å². The van der Waals surface area contributed by atoms with Crippen LogP contribution < -0.4 is 15.4 Å². The normalized spacial score (nSPS) is 15.7. The maximum atomic E-state index is 11.3. The first-order chi connectivity index (χ1) is 9.54. The van der Waals surface area contributed by atoms with Crippen molar-refractivity contribution in [3.05, 3.63) is 23.8 Å².